The normalized spacial score (nSPS) is 14.4. The highest BCUT2D eigenvalue weighted by atomic mass is 35.5. The number of anilines is 2. The monoisotopic (exact) mass is 282 g/mol. The summed E-state index contributed by atoms with van der Waals surface area (Å²) < 4.78 is 5.48. The molecule has 1 fully saturated rings. The van der Waals surface area contributed by atoms with Gasteiger partial charge in [0, 0.05) is 25.3 Å². The Morgan fingerprint density at radius 3 is 2.95 bits per heavy atom. The summed E-state index contributed by atoms with van der Waals surface area (Å²) in [6, 6.07) is 5.06. The van der Waals surface area contributed by atoms with Crippen molar-refractivity contribution in [3.63, 3.8) is 0 Å². The largest absolute Gasteiger partial charge is 0.397 e. The fraction of sp³-hybridized carbons (Fsp3) is 0.500. The minimum absolute atomic E-state index is 0.0308. The Morgan fingerprint density at radius 1 is 1.47 bits per heavy atom. The molecule has 1 aliphatic rings. The van der Waals surface area contributed by atoms with E-state index in [2.05, 4.69) is 5.32 Å². The second-order valence-corrected chi connectivity index (χ2v) is 5.31. The summed E-state index contributed by atoms with van der Waals surface area (Å²) >= 11 is 5.81. The molecule has 0 spiro atoms. The maximum atomic E-state index is 11.7. The van der Waals surface area contributed by atoms with Crippen molar-refractivity contribution < 1.29 is 9.53 Å². The fourth-order valence-electron chi connectivity index (χ4n) is 1.71. The van der Waals surface area contributed by atoms with E-state index < -0.39 is 0 Å². The van der Waals surface area contributed by atoms with Crippen LogP contribution in [0.2, 0.25) is 5.02 Å². The molecular formula is C14H19ClN2O2. The molecule has 0 bridgehead atoms. The molecule has 1 saturated carbocycles. The number of nitrogen functional groups attached to an aromatic ring is 1. The summed E-state index contributed by atoms with van der Waals surface area (Å²) in [6.45, 7) is 1.49. The van der Waals surface area contributed by atoms with Crippen molar-refractivity contribution in [1.29, 1.82) is 0 Å². The number of carbonyl (C=O) groups excluding carboxylic acids is 1. The Bertz CT molecular complexity index is 447. The summed E-state index contributed by atoms with van der Waals surface area (Å²) in [7, 11) is 0. The van der Waals surface area contributed by atoms with Crippen LogP contribution in [0, 0.1) is 5.92 Å². The second kappa shape index (κ2) is 6.78. The Labute approximate surface area is 118 Å². The number of hydrogen-bond acceptors (Lipinski definition) is 3. The molecule has 0 unspecified atom stereocenters. The van der Waals surface area contributed by atoms with Gasteiger partial charge < -0.3 is 15.8 Å². The van der Waals surface area contributed by atoms with Crippen molar-refractivity contribution in [2.75, 3.05) is 24.3 Å². The van der Waals surface area contributed by atoms with Gasteiger partial charge in [-0.1, -0.05) is 11.6 Å². The van der Waals surface area contributed by atoms with Gasteiger partial charge in [0.15, 0.2) is 0 Å². The number of carbonyl (C=O) groups is 1. The number of nitrogens with two attached hydrogens (primary N) is 1. The summed E-state index contributed by atoms with van der Waals surface area (Å²) in [6.07, 6.45) is 3.77. The van der Waals surface area contributed by atoms with E-state index >= 15 is 0 Å². The first-order valence-electron chi connectivity index (χ1n) is 6.58. The van der Waals surface area contributed by atoms with Gasteiger partial charge in [0.25, 0.3) is 0 Å². The van der Waals surface area contributed by atoms with Crippen LogP contribution >= 0.6 is 11.6 Å². The van der Waals surface area contributed by atoms with Crippen molar-refractivity contribution in [2.24, 2.45) is 5.92 Å². The Kier molecular flexibility index (Phi) is 5.05. The third kappa shape index (κ3) is 5.09. The molecule has 19 heavy (non-hydrogen) atoms. The Morgan fingerprint density at radius 2 is 2.26 bits per heavy atom. The van der Waals surface area contributed by atoms with E-state index in [0.29, 0.717) is 29.4 Å². The van der Waals surface area contributed by atoms with Gasteiger partial charge in [0.05, 0.1) is 10.7 Å². The molecule has 0 saturated heterocycles. The first-order chi connectivity index (χ1) is 9.15. The van der Waals surface area contributed by atoms with Gasteiger partial charge in [-0.05, 0) is 43.4 Å². The highest BCUT2D eigenvalue weighted by Gasteiger charge is 2.20. The third-order valence-corrected chi connectivity index (χ3v) is 3.37. The average Bonchev–Trinajstić information content (AvgIpc) is 3.17. The molecule has 0 aromatic heterocycles. The van der Waals surface area contributed by atoms with Crippen molar-refractivity contribution >= 4 is 28.9 Å². The standard InChI is InChI=1S/C14H19ClN2O2/c15-12-6-5-11(8-13(12)16)17-14(18)2-1-7-19-9-10-3-4-10/h5-6,8,10H,1-4,7,9,16H2,(H,17,18). The van der Waals surface area contributed by atoms with Gasteiger partial charge in [-0.2, -0.15) is 0 Å². The number of hydrogen-bond donors (Lipinski definition) is 2. The zero-order chi connectivity index (χ0) is 13.7. The summed E-state index contributed by atoms with van der Waals surface area (Å²) in [5.41, 5.74) is 6.80. The number of ether oxygens (including phenoxy) is 1. The van der Waals surface area contributed by atoms with Crippen LogP contribution in [0.4, 0.5) is 11.4 Å². The zero-order valence-corrected chi connectivity index (χ0v) is 11.6. The summed E-state index contributed by atoms with van der Waals surface area (Å²) in [4.78, 5) is 11.7. The quantitative estimate of drug-likeness (QED) is 0.597. The lowest BCUT2D eigenvalue weighted by atomic mass is 10.2. The van der Waals surface area contributed by atoms with E-state index in [9.17, 15) is 4.79 Å². The topological polar surface area (TPSA) is 64.3 Å². The molecule has 0 atom stereocenters. The molecule has 104 valence electrons. The SMILES string of the molecule is Nc1cc(NC(=O)CCCOCC2CC2)ccc1Cl. The van der Waals surface area contributed by atoms with Crippen molar-refractivity contribution in [3.8, 4) is 0 Å². The first-order valence-corrected chi connectivity index (χ1v) is 6.95. The summed E-state index contributed by atoms with van der Waals surface area (Å²) in [5.74, 6) is 0.739. The van der Waals surface area contributed by atoms with Crippen LogP contribution in [0.15, 0.2) is 18.2 Å². The molecule has 1 amide bonds. The predicted molar refractivity (Wildman–Crippen MR) is 77.3 cm³/mol. The Balaban J connectivity index is 1.63. The van der Waals surface area contributed by atoms with Gasteiger partial charge in [-0.15, -0.1) is 0 Å². The van der Waals surface area contributed by atoms with Crippen molar-refractivity contribution in [3.05, 3.63) is 23.2 Å². The number of benzene rings is 1. The van der Waals surface area contributed by atoms with Crippen LogP contribution in [-0.4, -0.2) is 19.1 Å². The highest BCUT2D eigenvalue weighted by Crippen LogP contribution is 2.28. The van der Waals surface area contributed by atoms with Gasteiger partial charge in [-0.3, -0.25) is 4.79 Å². The van der Waals surface area contributed by atoms with E-state index in [1.165, 1.54) is 12.8 Å². The molecular weight excluding hydrogens is 264 g/mol. The van der Waals surface area contributed by atoms with Crippen LogP contribution in [0.3, 0.4) is 0 Å². The number of halogens is 1. The van der Waals surface area contributed by atoms with Crippen LogP contribution in [0.5, 0.6) is 0 Å². The maximum absolute atomic E-state index is 11.7. The van der Waals surface area contributed by atoms with Gasteiger partial charge in [-0.25, -0.2) is 0 Å². The second-order valence-electron chi connectivity index (χ2n) is 4.91. The molecule has 1 aromatic carbocycles. The molecule has 0 heterocycles. The smallest absolute Gasteiger partial charge is 0.224 e. The average molecular weight is 283 g/mol. The van der Waals surface area contributed by atoms with Crippen molar-refractivity contribution in [1.82, 2.24) is 0 Å². The van der Waals surface area contributed by atoms with Crippen LogP contribution in [-0.2, 0) is 9.53 Å². The third-order valence-electron chi connectivity index (χ3n) is 3.02. The van der Waals surface area contributed by atoms with E-state index in [4.69, 9.17) is 22.1 Å². The number of nitrogens with one attached hydrogen (secondary N) is 1. The number of rotatable bonds is 7. The van der Waals surface area contributed by atoms with E-state index in [-0.39, 0.29) is 5.91 Å². The minimum Gasteiger partial charge on any atom is -0.397 e. The first kappa shape index (κ1) is 14.2. The number of amides is 1. The lowest BCUT2D eigenvalue weighted by molar-refractivity contribution is -0.116. The molecule has 1 aliphatic carbocycles. The predicted octanol–water partition coefficient (Wildman–Crippen LogP) is 3.07. The lowest BCUT2D eigenvalue weighted by Gasteiger charge is -2.07. The maximum Gasteiger partial charge on any atom is 0.224 e. The van der Waals surface area contributed by atoms with Crippen molar-refractivity contribution in [2.45, 2.75) is 25.7 Å². The van der Waals surface area contributed by atoms with E-state index in [0.717, 1.165) is 18.9 Å². The highest BCUT2D eigenvalue weighted by molar-refractivity contribution is 6.33. The van der Waals surface area contributed by atoms with Crippen LogP contribution < -0.4 is 11.1 Å². The van der Waals surface area contributed by atoms with Gasteiger partial charge in [0.1, 0.15) is 0 Å². The molecule has 0 aliphatic heterocycles. The van der Waals surface area contributed by atoms with E-state index in [1.807, 2.05) is 0 Å². The molecule has 4 nitrogen and oxygen atoms in total. The molecule has 0 radical (unpaired) electrons. The van der Waals surface area contributed by atoms with Crippen LogP contribution in [0.1, 0.15) is 25.7 Å². The zero-order valence-electron chi connectivity index (χ0n) is 10.8. The molecule has 2 rings (SSSR count). The molecule has 5 heteroatoms. The molecule has 1 aromatic rings. The van der Waals surface area contributed by atoms with Gasteiger partial charge in [0.2, 0.25) is 5.91 Å². The van der Waals surface area contributed by atoms with Gasteiger partial charge >= 0.3 is 0 Å². The van der Waals surface area contributed by atoms with Crippen LogP contribution in [0.25, 0.3) is 0 Å². The summed E-state index contributed by atoms with van der Waals surface area (Å²) in [5, 5.41) is 3.28. The lowest BCUT2D eigenvalue weighted by Crippen LogP contribution is -2.12. The fourth-order valence-corrected chi connectivity index (χ4v) is 1.83. The Hall–Kier alpha value is -1.26. The van der Waals surface area contributed by atoms with E-state index in [1.54, 1.807) is 18.2 Å². The molecule has 3 N–H and O–H groups in total. The minimum atomic E-state index is -0.0308.